The van der Waals surface area contributed by atoms with Crippen LogP contribution in [0.5, 0.6) is 0 Å². The molecule has 1 aliphatic rings. The van der Waals surface area contributed by atoms with Crippen molar-refractivity contribution in [2.45, 2.75) is 63.9 Å². The highest BCUT2D eigenvalue weighted by Crippen LogP contribution is 2.27. The highest BCUT2D eigenvalue weighted by Gasteiger charge is 2.24. The lowest BCUT2D eigenvalue weighted by molar-refractivity contribution is 0.0258. The second kappa shape index (κ2) is 12.7. The van der Waals surface area contributed by atoms with Crippen molar-refractivity contribution in [3.63, 3.8) is 0 Å². The summed E-state index contributed by atoms with van der Waals surface area (Å²) in [6.45, 7) is 8.18. The van der Waals surface area contributed by atoms with E-state index in [-0.39, 0.29) is 24.0 Å². The number of hydrogen-bond acceptors (Lipinski definition) is 3. The summed E-state index contributed by atoms with van der Waals surface area (Å²) in [5, 5.41) is 7.78. The minimum atomic E-state index is 0. The van der Waals surface area contributed by atoms with Gasteiger partial charge >= 0.3 is 0 Å². The Bertz CT molecular complexity index is 316. The van der Waals surface area contributed by atoms with E-state index < -0.39 is 0 Å². The summed E-state index contributed by atoms with van der Waals surface area (Å²) < 4.78 is 5.78. The molecule has 0 radical (unpaired) electrons. The lowest BCUT2D eigenvalue weighted by atomic mass is 10.0. The smallest absolute Gasteiger partial charge is 0.191 e. The molecule has 22 heavy (non-hydrogen) atoms. The fraction of sp³-hybridized carbons (Fsp3) is 0.938. The summed E-state index contributed by atoms with van der Waals surface area (Å²) in [5.74, 6) is 1.49. The molecule has 0 aromatic carbocycles. The number of nitrogens with one attached hydrogen (secondary N) is 2. The van der Waals surface area contributed by atoms with Crippen LogP contribution in [0.2, 0.25) is 0 Å². The van der Waals surface area contributed by atoms with Crippen LogP contribution in [0.4, 0.5) is 0 Å². The molecular formula is C16H34IN3OS. The van der Waals surface area contributed by atoms with E-state index in [1.165, 1.54) is 19.3 Å². The molecule has 0 bridgehead atoms. The van der Waals surface area contributed by atoms with Crippen LogP contribution in [0.3, 0.4) is 0 Å². The molecule has 1 fully saturated rings. The van der Waals surface area contributed by atoms with Crippen molar-refractivity contribution in [3.05, 3.63) is 0 Å². The van der Waals surface area contributed by atoms with Gasteiger partial charge in [-0.1, -0.05) is 13.8 Å². The van der Waals surface area contributed by atoms with Gasteiger partial charge in [0.25, 0.3) is 0 Å². The average molecular weight is 443 g/mol. The van der Waals surface area contributed by atoms with Crippen molar-refractivity contribution < 1.29 is 4.74 Å². The zero-order valence-electron chi connectivity index (χ0n) is 14.7. The standard InChI is InChI=1S/C16H33N3OS.HI/c1-6-20-15(12(2)3)9-10-18-16(17-4)19-13-7-8-14(11-13)21-5;/h12-15H,6-11H2,1-5H3,(H2,17,18,19);1H. The van der Waals surface area contributed by atoms with E-state index in [9.17, 15) is 0 Å². The molecule has 0 aliphatic heterocycles. The molecule has 6 heteroatoms. The number of rotatable bonds is 8. The summed E-state index contributed by atoms with van der Waals surface area (Å²) >= 11 is 1.98. The van der Waals surface area contributed by atoms with Gasteiger partial charge in [-0.25, -0.2) is 0 Å². The van der Waals surface area contributed by atoms with Crippen LogP contribution >= 0.6 is 35.7 Å². The third kappa shape index (κ3) is 8.24. The Morgan fingerprint density at radius 1 is 1.36 bits per heavy atom. The Morgan fingerprint density at radius 2 is 2.09 bits per heavy atom. The van der Waals surface area contributed by atoms with E-state index in [1.807, 2.05) is 18.8 Å². The maximum Gasteiger partial charge on any atom is 0.191 e. The fourth-order valence-electron chi connectivity index (χ4n) is 2.83. The topological polar surface area (TPSA) is 45.6 Å². The summed E-state index contributed by atoms with van der Waals surface area (Å²) in [7, 11) is 1.85. The van der Waals surface area contributed by atoms with Gasteiger partial charge in [-0.05, 0) is 44.8 Å². The van der Waals surface area contributed by atoms with Gasteiger partial charge in [-0.2, -0.15) is 11.8 Å². The van der Waals surface area contributed by atoms with Gasteiger partial charge in [0.1, 0.15) is 0 Å². The Morgan fingerprint density at radius 3 is 2.59 bits per heavy atom. The van der Waals surface area contributed by atoms with E-state index in [4.69, 9.17) is 4.74 Å². The number of nitrogens with zero attached hydrogens (tertiary/aromatic N) is 1. The summed E-state index contributed by atoms with van der Waals surface area (Å²) in [5.41, 5.74) is 0. The summed E-state index contributed by atoms with van der Waals surface area (Å²) in [6.07, 6.45) is 7.36. The van der Waals surface area contributed by atoms with Gasteiger partial charge in [0.05, 0.1) is 6.10 Å². The molecule has 0 aromatic heterocycles. The van der Waals surface area contributed by atoms with Crippen LogP contribution in [0.25, 0.3) is 0 Å². The van der Waals surface area contributed by atoms with Crippen LogP contribution in [-0.2, 0) is 4.74 Å². The van der Waals surface area contributed by atoms with Gasteiger partial charge < -0.3 is 15.4 Å². The Kier molecular flexibility index (Phi) is 12.9. The van der Waals surface area contributed by atoms with E-state index in [1.54, 1.807) is 0 Å². The van der Waals surface area contributed by atoms with E-state index in [0.29, 0.717) is 18.1 Å². The first-order valence-electron chi connectivity index (χ1n) is 8.22. The molecule has 1 saturated carbocycles. The highest BCUT2D eigenvalue weighted by atomic mass is 127. The minimum absolute atomic E-state index is 0. The van der Waals surface area contributed by atoms with Crippen LogP contribution in [0, 0.1) is 5.92 Å². The Balaban J connectivity index is 0.00000441. The highest BCUT2D eigenvalue weighted by molar-refractivity contribution is 14.0. The number of hydrogen-bond donors (Lipinski definition) is 2. The number of thioether (sulfide) groups is 1. The number of halogens is 1. The second-order valence-electron chi connectivity index (χ2n) is 6.04. The molecule has 0 saturated heterocycles. The molecule has 3 unspecified atom stereocenters. The van der Waals surface area contributed by atoms with Crippen LogP contribution in [0.15, 0.2) is 4.99 Å². The fourth-order valence-corrected chi connectivity index (χ4v) is 3.63. The molecule has 0 aromatic rings. The molecule has 3 atom stereocenters. The first kappa shape index (κ1) is 22.3. The second-order valence-corrected chi connectivity index (χ2v) is 7.18. The van der Waals surface area contributed by atoms with Gasteiger partial charge in [0, 0.05) is 31.5 Å². The van der Waals surface area contributed by atoms with Crippen molar-refractivity contribution in [1.29, 1.82) is 0 Å². The zero-order valence-corrected chi connectivity index (χ0v) is 17.9. The number of ether oxygens (including phenoxy) is 1. The van der Waals surface area contributed by atoms with Crippen LogP contribution < -0.4 is 10.6 Å². The van der Waals surface area contributed by atoms with Crippen LogP contribution in [0.1, 0.15) is 46.5 Å². The van der Waals surface area contributed by atoms with Gasteiger partial charge in [-0.15, -0.1) is 24.0 Å². The molecule has 0 amide bonds. The lowest BCUT2D eigenvalue weighted by Gasteiger charge is -2.22. The van der Waals surface area contributed by atoms with Gasteiger partial charge in [0.15, 0.2) is 5.96 Å². The lowest BCUT2D eigenvalue weighted by Crippen LogP contribution is -2.43. The average Bonchev–Trinajstić information content (AvgIpc) is 2.92. The van der Waals surface area contributed by atoms with Crippen molar-refractivity contribution in [3.8, 4) is 0 Å². The van der Waals surface area contributed by atoms with Crippen molar-refractivity contribution in [1.82, 2.24) is 10.6 Å². The van der Waals surface area contributed by atoms with E-state index in [2.05, 4.69) is 42.7 Å². The molecular weight excluding hydrogens is 409 g/mol. The van der Waals surface area contributed by atoms with E-state index in [0.717, 1.165) is 30.8 Å². The summed E-state index contributed by atoms with van der Waals surface area (Å²) in [6, 6.07) is 0.571. The maximum atomic E-state index is 5.78. The van der Waals surface area contributed by atoms with Crippen molar-refractivity contribution >= 4 is 41.7 Å². The molecule has 132 valence electrons. The molecule has 0 heterocycles. The SMILES string of the molecule is CCOC(CCNC(=NC)NC1CCC(SC)C1)C(C)C.I. The molecule has 4 nitrogen and oxygen atoms in total. The zero-order chi connectivity index (χ0) is 15.7. The molecule has 1 aliphatic carbocycles. The van der Waals surface area contributed by atoms with E-state index >= 15 is 0 Å². The van der Waals surface area contributed by atoms with Gasteiger partial charge in [-0.3, -0.25) is 4.99 Å². The first-order valence-corrected chi connectivity index (χ1v) is 9.51. The van der Waals surface area contributed by atoms with Crippen LogP contribution in [-0.4, -0.2) is 49.8 Å². The van der Waals surface area contributed by atoms with Gasteiger partial charge in [0.2, 0.25) is 0 Å². The molecule has 0 spiro atoms. The van der Waals surface area contributed by atoms with Crippen molar-refractivity contribution in [2.75, 3.05) is 26.5 Å². The minimum Gasteiger partial charge on any atom is -0.378 e. The number of guanidine groups is 1. The third-order valence-electron chi connectivity index (χ3n) is 4.13. The summed E-state index contributed by atoms with van der Waals surface area (Å²) in [4.78, 5) is 4.34. The maximum absolute atomic E-state index is 5.78. The monoisotopic (exact) mass is 443 g/mol. The third-order valence-corrected chi connectivity index (χ3v) is 5.22. The normalized spacial score (nSPS) is 23.3. The Labute approximate surface area is 158 Å². The first-order chi connectivity index (χ1) is 10.1. The quantitative estimate of drug-likeness (QED) is 0.343. The predicted molar refractivity (Wildman–Crippen MR) is 110 cm³/mol. The number of aliphatic imine (C=N–C) groups is 1. The largest absolute Gasteiger partial charge is 0.378 e. The predicted octanol–water partition coefficient (Wildman–Crippen LogP) is 3.50. The van der Waals surface area contributed by atoms with Crippen molar-refractivity contribution in [2.24, 2.45) is 10.9 Å². The Hall–Kier alpha value is 0.310. The molecule has 1 rings (SSSR count). The molecule has 2 N–H and O–H groups in total.